The number of nitro groups is 1. The van der Waals surface area contributed by atoms with Crippen molar-refractivity contribution in [3.05, 3.63) is 39.4 Å². The average Bonchev–Trinajstić information content (AvgIpc) is 2.26. The molecule has 0 saturated heterocycles. The number of nitro benzene ring substituents is 1. The van der Waals surface area contributed by atoms with Crippen LogP contribution in [-0.2, 0) is 0 Å². The molecule has 0 aliphatic heterocycles. The van der Waals surface area contributed by atoms with E-state index >= 15 is 0 Å². The fourth-order valence-corrected chi connectivity index (χ4v) is 2.69. The fraction of sp³-hybridized carbons (Fsp3) is 0.571. The van der Waals surface area contributed by atoms with Crippen LogP contribution in [0.1, 0.15) is 39.2 Å². The van der Waals surface area contributed by atoms with Gasteiger partial charge in [-0.25, -0.2) is 4.39 Å². The molecule has 0 spiro atoms. The van der Waals surface area contributed by atoms with Crippen molar-refractivity contribution in [3.8, 4) is 0 Å². The highest BCUT2D eigenvalue weighted by Crippen LogP contribution is 2.36. The predicted octanol–water partition coefficient (Wildman–Crippen LogP) is 3.61. The lowest BCUT2D eigenvalue weighted by molar-refractivity contribution is -0.388. The molecule has 1 rings (SSSR count). The molecule has 1 N–H and O–H groups in total. The number of nitrogens with zero attached hydrogens (tertiary/aromatic N) is 1. The van der Waals surface area contributed by atoms with Gasteiger partial charge in [0.25, 0.3) is 0 Å². The molecule has 112 valence electrons. The summed E-state index contributed by atoms with van der Waals surface area (Å²) in [6, 6.07) is 1.50. The summed E-state index contributed by atoms with van der Waals surface area (Å²) in [6.45, 7) is 8.21. The highest BCUT2D eigenvalue weighted by Gasteiger charge is 2.32. The Morgan fingerprint density at radius 2 is 1.90 bits per heavy atom. The van der Waals surface area contributed by atoms with Crippen LogP contribution in [0, 0.1) is 27.7 Å². The number of hydrogen-bond acceptors (Lipinski definition) is 3. The van der Waals surface area contributed by atoms with Crippen LogP contribution in [-0.4, -0.2) is 17.5 Å². The van der Waals surface area contributed by atoms with Crippen molar-refractivity contribution in [2.24, 2.45) is 5.92 Å². The Bertz CT molecular complexity index is 492. The molecule has 0 radical (unpaired) electrons. The smallest absolute Gasteiger partial charge is 0.308 e. The number of halogens is 2. The molecule has 20 heavy (non-hydrogen) atoms. The molecule has 0 aromatic heterocycles. The first-order valence-corrected chi connectivity index (χ1v) is 6.66. The molecule has 0 fully saturated rings. The summed E-state index contributed by atoms with van der Waals surface area (Å²) < 4.78 is 27.2. The highest BCUT2D eigenvalue weighted by molar-refractivity contribution is 5.45. The van der Waals surface area contributed by atoms with Gasteiger partial charge in [0.1, 0.15) is 5.82 Å². The Morgan fingerprint density at radius 3 is 2.35 bits per heavy atom. The average molecular weight is 286 g/mol. The van der Waals surface area contributed by atoms with Gasteiger partial charge in [-0.1, -0.05) is 20.8 Å². The van der Waals surface area contributed by atoms with Crippen molar-refractivity contribution in [1.82, 2.24) is 5.32 Å². The molecule has 0 saturated carbocycles. The zero-order chi connectivity index (χ0) is 15.4. The molecule has 4 nitrogen and oxygen atoms in total. The van der Waals surface area contributed by atoms with E-state index in [1.807, 2.05) is 27.7 Å². The summed E-state index contributed by atoms with van der Waals surface area (Å²) >= 11 is 0. The molecular formula is C14H20F2N2O2. The topological polar surface area (TPSA) is 55.2 Å². The molecule has 6 heteroatoms. The minimum atomic E-state index is -1.13. The van der Waals surface area contributed by atoms with Crippen molar-refractivity contribution in [1.29, 1.82) is 0 Å². The summed E-state index contributed by atoms with van der Waals surface area (Å²) in [5.41, 5.74) is -0.522. The van der Waals surface area contributed by atoms with Crippen molar-refractivity contribution in [3.63, 3.8) is 0 Å². The third-order valence-electron chi connectivity index (χ3n) is 3.38. The van der Waals surface area contributed by atoms with Crippen LogP contribution >= 0.6 is 0 Å². The minimum Gasteiger partial charge on any atom is -0.314 e. The second-order valence-electron chi connectivity index (χ2n) is 5.20. The van der Waals surface area contributed by atoms with E-state index in [4.69, 9.17) is 0 Å². The lowest BCUT2D eigenvalue weighted by Crippen LogP contribution is -2.35. The Hall–Kier alpha value is -1.56. The molecule has 2 atom stereocenters. The SMILES string of the molecule is CCNC(C)C(c1cc(F)cc(F)c1[N+](=O)[O-])C(C)C. The van der Waals surface area contributed by atoms with Gasteiger partial charge in [0.05, 0.1) is 4.92 Å². The third-order valence-corrected chi connectivity index (χ3v) is 3.38. The molecule has 0 aliphatic carbocycles. The van der Waals surface area contributed by atoms with E-state index in [2.05, 4.69) is 5.32 Å². The van der Waals surface area contributed by atoms with Crippen LogP contribution in [0.4, 0.5) is 14.5 Å². The lowest BCUT2D eigenvalue weighted by atomic mass is 9.82. The van der Waals surface area contributed by atoms with E-state index in [0.29, 0.717) is 12.6 Å². The maximum absolute atomic E-state index is 13.7. The van der Waals surface area contributed by atoms with Crippen molar-refractivity contribution in [2.75, 3.05) is 6.54 Å². The first-order chi connectivity index (χ1) is 9.29. The van der Waals surface area contributed by atoms with Gasteiger partial charge >= 0.3 is 5.69 Å². The van der Waals surface area contributed by atoms with Crippen molar-refractivity contribution < 1.29 is 13.7 Å². The van der Waals surface area contributed by atoms with E-state index in [1.165, 1.54) is 0 Å². The molecular weight excluding hydrogens is 266 g/mol. The summed E-state index contributed by atoms with van der Waals surface area (Å²) in [7, 11) is 0. The largest absolute Gasteiger partial charge is 0.314 e. The molecule has 0 aliphatic rings. The summed E-state index contributed by atoms with van der Waals surface area (Å²) in [5.74, 6) is -2.26. The molecule has 2 unspecified atom stereocenters. The Balaban J connectivity index is 3.42. The van der Waals surface area contributed by atoms with Gasteiger partial charge in [-0.3, -0.25) is 10.1 Å². The number of benzene rings is 1. The number of rotatable bonds is 6. The van der Waals surface area contributed by atoms with E-state index in [0.717, 1.165) is 6.07 Å². The van der Waals surface area contributed by atoms with Crippen LogP contribution < -0.4 is 5.32 Å². The summed E-state index contributed by atoms with van der Waals surface area (Å²) in [6.07, 6.45) is 0. The van der Waals surface area contributed by atoms with Gasteiger partial charge in [0.2, 0.25) is 5.82 Å². The molecule has 1 aromatic carbocycles. The van der Waals surface area contributed by atoms with Gasteiger partial charge < -0.3 is 5.32 Å². The van der Waals surface area contributed by atoms with Gasteiger partial charge in [-0.05, 0) is 25.5 Å². The Kier molecular flexibility index (Phi) is 5.56. The zero-order valence-corrected chi connectivity index (χ0v) is 12.1. The van der Waals surface area contributed by atoms with Crippen LogP contribution in [0.2, 0.25) is 0 Å². The number of nitrogens with one attached hydrogen (secondary N) is 1. The van der Waals surface area contributed by atoms with Gasteiger partial charge in [-0.2, -0.15) is 4.39 Å². The summed E-state index contributed by atoms with van der Waals surface area (Å²) in [4.78, 5) is 10.3. The third kappa shape index (κ3) is 3.50. The van der Waals surface area contributed by atoms with E-state index in [-0.39, 0.29) is 23.4 Å². The number of hydrogen-bond donors (Lipinski definition) is 1. The normalized spacial score (nSPS) is 14.3. The van der Waals surface area contributed by atoms with Crippen LogP contribution in [0.15, 0.2) is 12.1 Å². The predicted molar refractivity (Wildman–Crippen MR) is 73.7 cm³/mol. The van der Waals surface area contributed by atoms with Gasteiger partial charge in [-0.15, -0.1) is 0 Å². The monoisotopic (exact) mass is 286 g/mol. The standard InChI is InChI=1S/C14H20F2N2O2/c1-5-17-9(4)13(8(2)3)11-6-10(15)7-12(16)14(11)18(19)20/h6-9,13,17H,5H2,1-4H3. The fourth-order valence-electron chi connectivity index (χ4n) is 2.69. The Labute approximate surface area is 117 Å². The molecule has 1 aromatic rings. The maximum atomic E-state index is 13.7. The molecule has 0 bridgehead atoms. The quantitative estimate of drug-likeness (QED) is 0.642. The van der Waals surface area contributed by atoms with Gasteiger partial charge in [0.15, 0.2) is 0 Å². The molecule has 0 heterocycles. The van der Waals surface area contributed by atoms with Crippen molar-refractivity contribution in [2.45, 2.75) is 39.7 Å². The van der Waals surface area contributed by atoms with Gasteiger partial charge in [0, 0.05) is 23.6 Å². The summed E-state index contributed by atoms with van der Waals surface area (Å²) in [5, 5.41) is 14.2. The highest BCUT2D eigenvalue weighted by atomic mass is 19.1. The van der Waals surface area contributed by atoms with Crippen molar-refractivity contribution >= 4 is 5.69 Å². The second kappa shape index (κ2) is 6.74. The van der Waals surface area contributed by atoms with Crippen LogP contribution in [0.5, 0.6) is 0 Å². The maximum Gasteiger partial charge on any atom is 0.308 e. The lowest BCUT2D eigenvalue weighted by Gasteiger charge is -2.28. The zero-order valence-electron chi connectivity index (χ0n) is 12.1. The number of likely N-dealkylation sites (N-methyl/N-ethyl adjacent to an activating group) is 1. The molecule has 0 amide bonds. The second-order valence-corrected chi connectivity index (χ2v) is 5.20. The van der Waals surface area contributed by atoms with Crippen LogP contribution in [0.25, 0.3) is 0 Å². The van der Waals surface area contributed by atoms with E-state index < -0.39 is 22.2 Å². The van der Waals surface area contributed by atoms with E-state index in [9.17, 15) is 18.9 Å². The van der Waals surface area contributed by atoms with E-state index in [1.54, 1.807) is 0 Å². The first kappa shape index (κ1) is 16.5. The first-order valence-electron chi connectivity index (χ1n) is 6.66. The minimum absolute atomic E-state index is 0.00366. The van der Waals surface area contributed by atoms with Crippen LogP contribution in [0.3, 0.4) is 0 Å². The Morgan fingerprint density at radius 1 is 1.30 bits per heavy atom.